The van der Waals surface area contributed by atoms with Gasteiger partial charge in [-0.3, -0.25) is 0 Å². The van der Waals surface area contributed by atoms with Gasteiger partial charge in [0.05, 0.1) is 0 Å². The Balaban J connectivity index is 1.98. The Morgan fingerprint density at radius 1 is 1.11 bits per heavy atom. The molecule has 4 aliphatic rings. The number of carbonyl (C=O) groups is 1. The first-order chi connectivity index (χ1) is 8.54. The molecule has 2 nitrogen and oxygen atoms in total. The number of hydrogen-bond acceptors (Lipinski definition) is 1. The Morgan fingerprint density at radius 3 is 1.89 bits per heavy atom. The van der Waals surface area contributed by atoms with Crippen molar-refractivity contribution in [3.05, 3.63) is 11.1 Å². The summed E-state index contributed by atoms with van der Waals surface area (Å²) in [6.07, 6.45) is 8.72. The maximum atomic E-state index is 11.4. The lowest BCUT2D eigenvalue weighted by Crippen LogP contribution is -2.47. The maximum absolute atomic E-state index is 11.4. The lowest BCUT2D eigenvalue weighted by atomic mass is 9.47. The van der Waals surface area contributed by atoms with Gasteiger partial charge in [-0.1, -0.05) is 12.5 Å². The van der Waals surface area contributed by atoms with Gasteiger partial charge in [-0.2, -0.15) is 0 Å². The molecule has 0 saturated heterocycles. The van der Waals surface area contributed by atoms with Gasteiger partial charge in [-0.05, 0) is 75.0 Å². The first-order valence-corrected chi connectivity index (χ1v) is 7.47. The highest BCUT2D eigenvalue weighted by Gasteiger charge is 2.52. The van der Waals surface area contributed by atoms with Crippen LogP contribution in [0.2, 0.25) is 0 Å². The van der Waals surface area contributed by atoms with Gasteiger partial charge >= 0.3 is 5.97 Å². The molecular formula is C16H24O2. The fourth-order valence-electron chi connectivity index (χ4n) is 5.47. The third-order valence-corrected chi connectivity index (χ3v) is 5.90. The summed E-state index contributed by atoms with van der Waals surface area (Å²) in [4.78, 5) is 11.4. The molecular weight excluding hydrogens is 224 g/mol. The van der Waals surface area contributed by atoms with E-state index in [0.29, 0.717) is 12.0 Å². The summed E-state index contributed by atoms with van der Waals surface area (Å²) in [6, 6.07) is 0. The topological polar surface area (TPSA) is 37.3 Å². The zero-order valence-corrected chi connectivity index (χ0v) is 11.5. The molecule has 0 unspecified atom stereocenters. The molecule has 0 spiro atoms. The van der Waals surface area contributed by atoms with E-state index in [1.807, 2.05) is 6.92 Å². The van der Waals surface area contributed by atoms with E-state index in [-0.39, 0.29) is 5.41 Å². The van der Waals surface area contributed by atoms with Crippen LogP contribution < -0.4 is 0 Å². The third kappa shape index (κ3) is 1.72. The number of carboxylic acid groups (broad SMARTS) is 1. The van der Waals surface area contributed by atoms with Crippen LogP contribution >= 0.6 is 0 Å². The smallest absolute Gasteiger partial charge is 0.331 e. The molecule has 100 valence electrons. The molecule has 1 N–H and O–H groups in total. The number of hydrogen-bond donors (Lipinski definition) is 1. The molecule has 0 aliphatic heterocycles. The van der Waals surface area contributed by atoms with Crippen LogP contribution in [-0.4, -0.2) is 11.1 Å². The van der Waals surface area contributed by atoms with E-state index in [9.17, 15) is 9.90 Å². The highest BCUT2D eigenvalue weighted by molar-refractivity contribution is 5.87. The van der Waals surface area contributed by atoms with Crippen molar-refractivity contribution in [3.63, 3.8) is 0 Å². The van der Waals surface area contributed by atoms with Crippen molar-refractivity contribution in [1.29, 1.82) is 0 Å². The summed E-state index contributed by atoms with van der Waals surface area (Å²) in [5.74, 6) is 1.97. The van der Waals surface area contributed by atoms with E-state index in [1.165, 1.54) is 44.1 Å². The number of allylic oxidation sites excluding steroid dienone is 1. The second-order valence-electron chi connectivity index (χ2n) is 6.96. The molecule has 0 radical (unpaired) electrons. The van der Waals surface area contributed by atoms with Gasteiger partial charge in [-0.15, -0.1) is 0 Å². The minimum atomic E-state index is -0.689. The predicted molar refractivity (Wildman–Crippen MR) is 71.2 cm³/mol. The molecule has 4 aliphatic carbocycles. The van der Waals surface area contributed by atoms with Crippen LogP contribution in [0, 0.1) is 23.2 Å². The molecule has 18 heavy (non-hydrogen) atoms. The van der Waals surface area contributed by atoms with Gasteiger partial charge in [0.2, 0.25) is 0 Å². The summed E-state index contributed by atoms with van der Waals surface area (Å²) in [5.41, 5.74) is 2.17. The minimum absolute atomic E-state index is 0.262. The summed E-state index contributed by atoms with van der Waals surface area (Å²) in [7, 11) is 0. The monoisotopic (exact) mass is 248 g/mol. The molecule has 0 heterocycles. The van der Waals surface area contributed by atoms with Crippen LogP contribution in [0.25, 0.3) is 0 Å². The van der Waals surface area contributed by atoms with Crippen molar-refractivity contribution in [2.45, 2.75) is 58.8 Å². The fraction of sp³-hybridized carbons (Fsp3) is 0.812. The van der Waals surface area contributed by atoms with E-state index in [0.717, 1.165) is 17.8 Å². The van der Waals surface area contributed by atoms with Gasteiger partial charge in [-0.25, -0.2) is 4.79 Å². The lowest BCUT2D eigenvalue weighted by molar-refractivity contribution is -0.133. The van der Waals surface area contributed by atoms with E-state index in [1.54, 1.807) is 0 Å². The van der Waals surface area contributed by atoms with Gasteiger partial charge in [0.1, 0.15) is 0 Å². The average molecular weight is 248 g/mol. The second-order valence-corrected chi connectivity index (χ2v) is 6.96. The highest BCUT2D eigenvalue weighted by atomic mass is 16.4. The van der Waals surface area contributed by atoms with Crippen molar-refractivity contribution in [1.82, 2.24) is 0 Å². The van der Waals surface area contributed by atoms with E-state index in [2.05, 4.69) is 6.92 Å². The second kappa shape index (κ2) is 4.11. The van der Waals surface area contributed by atoms with Gasteiger partial charge in [0, 0.05) is 5.57 Å². The van der Waals surface area contributed by atoms with Crippen LogP contribution in [0.1, 0.15) is 58.8 Å². The van der Waals surface area contributed by atoms with Crippen molar-refractivity contribution >= 4 is 5.97 Å². The standard InChI is InChI=1S/C16H24O2/c1-3-14(15(17)18)10(2)16-7-11-4-12(8-16)6-13(5-11)9-16/h11-13H,3-9H2,1-2H3,(H,17,18). The molecule has 4 saturated carbocycles. The van der Waals surface area contributed by atoms with Crippen molar-refractivity contribution in [3.8, 4) is 0 Å². The van der Waals surface area contributed by atoms with Gasteiger partial charge < -0.3 is 5.11 Å². The van der Waals surface area contributed by atoms with E-state index in [4.69, 9.17) is 0 Å². The number of rotatable bonds is 3. The Bertz CT molecular complexity index is 370. The predicted octanol–water partition coefficient (Wildman–Crippen LogP) is 4.01. The van der Waals surface area contributed by atoms with Crippen molar-refractivity contribution in [2.75, 3.05) is 0 Å². The molecule has 0 aromatic carbocycles. The Morgan fingerprint density at radius 2 is 1.56 bits per heavy atom. The molecule has 4 bridgehead atoms. The van der Waals surface area contributed by atoms with Gasteiger partial charge in [0.25, 0.3) is 0 Å². The zero-order chi connectivity index (χ0) is 12.9. The Kier molecular flexibility index (Phi) is 2.80. The summed E-state index contributed by atoms with van der Waals surface area (Å²) < 4.78 is 0. The van der Waals surface area contributed by atoms with Crippen LogP contribution in [0.4, 0.5) is 0 Å². The SMILES string of the molecule is CCC(C(=O)O)=C(C)C12CC3CC(CC(C3)C1)C2. The van der Waals surface area contributed by atoms with Crippen LogP contribution in [0.3, 0.4) is 0 Å². The molecule has 0 aromatic heterocycles. The van der Waals surface area contributed by atoms with E-state index >= 15 is 0 Å². The largest absolute Gasteiger partial charge is 0.478 e. The Hall–Kier alpha value is -0.790. The molecule has 4 rings (SSSR count). The average Bonchev–Trinajstić information content (AvgIpc) is 2.27. The zero-order valence-electron chi connectivity index (χ0n) is 11.5. The Labute approximate surface area is 109 Å². The fourth-order valence-corrected chi connectivity index (χ4v) is 5.47. The number of aliphatic carboxylic acids is 1. The normalized spacial score (nSPS) is 42.9. The van der Waals surface area contributed by atoms with Crippen molar-refractivity contribution < 1.29 is 9.90 Å². The molecule has 4 fully saturated rings. The number of carboxylic acids is 1. The van der Waals surface area contributed by atoms with Gasteiger partial charge in [0.15, 0.2) is 0 Å². The summed E-state index contributed by atoms with van der Waals surface area (Å²) in [5, 5.41) is 9.39. The molecule has 0 atom stereocenters. The van der Waals surface area contributed by atoms with E-state index < -0.39 is 5.97 Å². The molecule has 2 heteroatoms. The molecule has 0 aromatic rings. The summed E-state index contributed by atoms with van der Waals surface area (Å²) >= 11 is 0. The first-order valence-electron chi connectivity index (χ1n) is 7.47. The minimum Gasteiger partial charge on any atom is -0.478 e. The van der Waals surface area contributed by atoms with Crippen LogP contribution in [0.15, 0.2) is 11.1 Å². The van der Waals surface area contributed by atoms with Crippen LogP contribution in [0.5, 0.6) is 0 Å². The quantitative estimate of drug-likeness (QED) is 0.766. The third-order valence-electron chi connectivity index (χ3n) is 5.90. The van der Waals surface area contributed by atoms with Crippen LogP contribution in [-0.2, 0) is 4.79 Å². The van der Waals surface area contributed by atoms with Crippen molar-refractivity contribution in [2.24, 2.45) is 23.2 Å². The lowest BCUT2D eigenvalue weighted by Gasteiger charge is -2.57. The highest BCUT2D eigenvalue weighted by Crippen LogP contribution is 2.63. The first kappa shape index (κ1) is 12.3. The summed E-state index contributed by atoms with van der Waals surface area (Å²) in [6.45, 7) is 4.09. The maximum Gasteiger partial charge on any atom is 0.331 e. The molecule has 0 amide bonds.